The second-order valence-corrected chi connectivity index (χ2v) is 8.93. The first kappa shape index (κ1) is 15.7. The van der Waals surface area contributed by atoms with Crippen molar-refractivity contribution < 1.29 is 0 Å². The molecule has 0 radical (unpaired) electrons. The number of piperidine rings is 1. The molecule has 1 atom stereocenters. The number of aromatic nitrogens is 2. The summed E-state index contributed by atoms with van der Waals surface area (Å²) in [7, 11) is 2.22. The topological polar surface area (TPSA) is 55.0 Å². The van der Waals surface area contributed by atoms with Crippen molar-refractivity contribution in [3.63, 3.8) is 0 Å². The van der Waals surface area contributed by atoms with Gasteiger partial charge in [-0.3, -0.25) is 0 Å². The molecule has 124 valence electrons. The Bertz CT molecular complexity index is 712. The number of fused-ring (bicyclic) bond motifs is 3. The number of hydrogen-bond acceptors (Lipinski definition) is 6. The molecule has 3 heterocycles. The van der Waals surface area contributed by atoms with Crippen molar-refractivity contribution in [3.05, 3.63) is 10.4 Å². The van der Waals surface area contributed by atoms with Crippen LogP contribution in [0.5, 0.6) is 0 Å². The first-order valence-corrected chi connectivity index (χ1v) is 10.4. The molecule has 1 saturated heterocycles. The van der Waals surface area contributed by atoms with Gasteiger partial charge in [-0.2, -0.15) is 0 Å². The Morgan fingerprint density at radius 3 is 3.00 bits per heavy atom. The fourth-order valence-corrected chi connectivity index (χ4v) is 6.13. The predicted molar refractivity (Wildman–Crippen MR) is 99.4 cm³/mol. The van der Waals surface area contributed by atoms with E-state index in [1.807, 2.05) is 11.3 Å². The summed E-state index contributed by atoms with van der Waals surface area (Å²) in [4.78, 5) is 14.5. The van der Waals surface area contributed by atoms with Crippen LogP contribution >= 0.6 is 23.1 Å². The number of aryl methyl sites for hydroxylation is 2. The van der Waals surface area contributed by atoms with E-state index in [0.717, 1.165) is 33.5 Å². The van der Waals surface area contributed by atoms with Crippen LogP contribution in [0.3, 0.4) is 0 Å². The molecule has 0 bridgehead atoms. The van der Waals surface area contributed by atoms with Crippen molar-refractivity contribution >= 4 is 39.1 Å². The van der Waals surface area contributed by atoms with Crippen molar-refractivity contribution in [1.29, 1.82) is 0 Å². The minimum Gasteiger partial charge on any atom is -0.383 e. The summed E-state index contributed by atoms with van der Waals surface area (Å²) in [5, 5.41) is 2.01. The lowest BCUT2D eigenvalue weighted by molar-refractivity contribution is 0.224. The smallest absolute Gasteiger partial charge is 0.190 e. The molecule has 4 rings (SSSR count). The van der Waals surface area contributed by atoms with E-state index in [9.17, 15) is 0 Å². The van der Waals surface area contributed by atoms with Gasteiger partial charge < -0.3 is 10.6 Å². The van der Waals surface area contributed by atoms with Crippen LogP contribution in [0, 0.1) is 5.92 Å². The summed E-state index contributed by atoms with van der Waals surface area (Å²) in [5.74, 6) is 2.54. The molecule has 1 aliphatic carbocycles. The van der Waals surface area contributed by atoms with Crippen LogP contribution in [0.25, 0.3) is 10.2 Å². The number of likely N-dealkylation sites (tertiary alicyclic amines) is 1. The minimum atomic E-state index is 0.692. The van der Waals surface area contributed by atoms with Crippen LogP contribution in [0.4, 0.5) is 5.82 Å². The predicted octanol–water partition coefficient (Wildman–Crippen LogP) is 3.59. The van der Waals surface area contributed by atoms with Crippen molar-refractivity contribution in [2.45, 2.75) is 43.7 Å². The van der Waals surface area contributed by atoms with Gasteiger partial charge in [-0.1, -0.05) is 11.8 Å². The molecule has 0 spiro atoms. The molecule has 0 aromatic carbocycles. The minimum absolute atomic E-state index is 0.692. The first-order chi connectivity index (χ1) is 11.2. The third kappa shape index (κ3) is 3.21. The third-order valence-corrected chi connectivity index (χ3v) is 7.26. The highest BCUT2D eigenvalue weighted by molar-refractivity contribution is 7.99. The van der Waals surface area contributed by atoms with E-state index in [-0.39, 0.29) is 0 Å². The SMILES string of the molecule is CN1CCC[C@H](CSc2nc(N)c3c4c(sc3n2)CCCC4)C1. The number of nitrogens with zero attached hydrogens (tertiary/aromatic N) is 3. The molecular formula is C17H24N4S2. The number of thioether (sulfide) groups is 1. The highest BCUT2D eigenvalue weighted by Crippen LogP contribution is 2.38. The highest BCUT2D eigenvalue weighted by atomic mass is 32.2. The Kier molecular flexibility index (Phi) is 4.48. The van der Waals surface area contributed by atoms with Gasteiger partial charge in [-0.15, -0.1) is 11.3 Å². The molecule has 0 saturated carbocycles. The molecule has 1 fully saturated rings. The lowest BCUT2D eigenvalue weighted by atomic mass is 9.97. The van der Waals surface area contributed by atoms with E-state index >= 15 is 0 Å². The maximum Gasteiger partial charge on any atom is 0.190 e. The van der Waals surface area contributed by atoms with Crippen LogP contribution in [0.15, 0.2) is 5.16 Å². The molecular weight excluding hydrogens is 324 g/mol. The van der Waals surface area contributed by atoms with Gasteiger partial charge in [0.1, 0.15) is 10.6 Å². The number of anilines is 1. The van der Waals surface area contributed by atoms with Crippen LogP contribution in [-0.2, 0) is 12.8 Å². The lowest BCUT2D eigenvalue weighted by Gasteiger charge is -2.29. The average Bonchev–Trinajstić information content (AvgIpc) is 2.92. The number of nitrogen functional groups attached to an aromatic ring is 1. The molecule has 1 aliphatic heterocycles. The Balaban J connectivity index is 1.54. The van der Waals surface area contributed by atoms with Gasteiger partial charge in [-0.05, 0) is 63.6 Å². The van der Waals surface area contributed by atoms with Crippen LogP contribution in [0.2, 0.25) is 0 Å². The number of thiophene rings is 1. The summed E-state index contributed by atoms with van der Waals surface area (Å²) in [6, 6.07) is 0. The average molecular weight is 349 g/mol. The normalized spacial score (nSPS) is 22.4. The van der Waals surface area contributed by atoms with E-state index < -0.39 is 0 Å². The molecule has 0 unspecified atom stereocenters. The summed E-state index contributed by atoms with van der Waals surface area (Å²) in [6.45, 7) is 2.43. The van der Waals surface area contributed by atoms with Crippen LogP contribution in [-0.4, -0.2) is 40.8 Å². The summed E-state index contributed by atoms with van der Waals surface area (Å²) >= 11 is 3.62. The number of hydrogen-bond donors (Lipinski definition) is 1. The lowest BCUT2D eigenvalue weighted by Crippen LogP contribution is -2.33. The third-order valence-electron chi connectivity index (χ3n) is 4.99. The van der Waals surface area contributed by atoms with Gasteiger partial charge in [0.15, 0.2) is 5.16 Å². The fourth-order valence-electron chi connectivity index (χ4n) is 3.83. The molecule has 2 N–H and O–H groups in total. The van der Waals surface area contributed by atoms with Crippen molar-refractivity contribution in [2.75, 3.05) is 31.6 Å². The van der Waals surface area contributed by atoms with E-state index in [2.05, 4.69) is 16.9 Å². The van der Waals surface area contributed by atoms with Crippen molar-refractivity contribution in [1.82, 2.24) is 14.9 Å². The van der Waals surface area contributed by atoms with Gasteiger partial charge in [-0.25, -0.2) is 9.97 Å². The summed E-state index contributed by atoms with van der Waals surface area (Å²) in [5.41, 5.74) is 7.72. The maximum atomic E-state index is 6.29. The van der Waals surface area contributed by atoms with Gasteiger partial charge in [0.05, 0.1) is 5.39 Å². The number of rotatable bonds is 3. The molecule has 4 nitrogen and oxygen atoms in total. The second-order valence-electron chi connectivity index (χ2n) is 6.86. The zero-order valence-electron chi connectivity index (χ0n) is 13.7. The van der Waals surface area contributed by atoms with Crippen LogP contribution in [0.1, 0.15) is 36.1 Å². The van der Waals surface area contributed by atoms with Gasteiger partial charge in [0.25, 0.3) is 0 Å². The monoisotopic (exact) mass is 348 g/mol. The Labute approximate surface area is 145 Å². The van der Waals surface area contributed by atoms with Gasteiger partial charge in [0.2, 0.25) is 0 Å². The molecule has 2 aliphatic rings. The van der Waals surface area contributed by atoms with Gasteiger partial charge >= 0.3 is 0 Å². The molecule has 6 heteroatoms. The second kappa shape index (κ2) is 6.57. The Morgan fingerprint density at radius 1 is 1.26 bits per heavy atom. The van der Waals surface area contributed by atoms with E-state index in [4.69, 9.17) is 10.7 Å². The summed E-state index contributed by atoms with van der Waals surface area (Å²) in [6.07, 6.45) is 7.52. The Morgan fingerprint density at radius 2 is 2.13 bits per heavy atom. The zero-order valence-corrected chi connectivity index (χ0v) is 15.3. The quantitative estimate of drug-likeness (QED) is 0.678. The molecule has 2 aromatic heterocycles. The standard InChI is InChI=1S/C17H24N4S2/c1-21-8-4-5-11(9-21)10-22-17-19-15(18)14-12-6-2-3-7-13(12)23-16(14)20-17/h11H,2-10H2,1H3,(H2,18,19,20)/t11-/m0/s1. The molecule has 23 heavy (non-hydrogen) atoms. The van der Waals surface area contributed by atoms with E-state index in [1.54, 1.807) is 11.8 Å². The molecule has 0 amide bonds. The van der Waals surface area contributed by atoms with E-state index in [1.165, 1.54) is 55.6 Å². The fraction of sp³-hybridized carbons (Fsp3) is 0.647. The number of nitrogens with two attached hydrogens (primary N) is 1. The van der Waals surface area contributed by atoms with Crippen molar-refractivity contribution in [2.24, 2.45) is 5.92 Å². The highest BCUT2D eigenvalue weighted by Gasteiger charge is 2.21. The largest absolute Gasteiger partial charge is 0.383 e. The van der Waals surface area contributed by atoms with Gasteiger partial charge in [0, 0.05) is 17.2 Å². The van der Waals surface area contributed by atoms with Crippen molar-refractivity contribution in [3.8, 4) is 0 Å². The van der Waals surface area contributed by atoms with E-state index in [0.29, 0.717) is 5.82 Å². The molecule has 2 aromatic rings. The summed E-state index contributed by atoms with van der Waals surface area (Å²) < 4.78 is 0. The maximum absolute atomic E-state index is 6.29. The Hall–Kier alpha value is -0.850. The first-order valence-electron chi connectivity index (χ1n) is 8.60. The zero-order chi connectivity index (χ0) is 15.8. The van der Waals surface area contributed by atoms with Crippen LogP contribution < -0.4 is 5.73 Å².